The van der Waals surface area contributed by atoms with Gasteiger partial charge in [-0.25, -0.2) is 4.39 Å². The Balaban J connectivity index is 1.92. The molecule has 1 unspecified atom stereocenters. The lowest BCUT2D eigenvalue weighted by Crippen LogP contribution is -3.09. The van der Waals surface area contributed by atoms with Crippen LogP contribution in [0.15, 0.2) is 42.5 Å². The molecule has 0 fully saturated rings. The summed E-state index contributed by atoms with van der Waals surface area (Å²) in [4.78, 5) is 13.0. The molecule has 0 aromatic heterocycles. The highest BCUT2D eigenvalue weighted by Crippen LogP contribution is 2.18. The summed E-state index contributed by atoms with van der Waals surface area (Å²) in [6, 6.07) is 11.8. The monoisotopic (exact) mass is 369 g/mol. The highest BCUT2D eigenvalue weighted by Gasteiger charge is 2.17. The fourth-order valence-corrected chi connectivity index (χ4v) is 2.92. The molecule has 0 spiro atoms. The molecule has 0 radical (unpaired) electrons. The van der Waals surface area contributed by atoms with Crippen LogP contribution in [0.3, 0.4) is 0 Å². The van der Waals surface area contributed by atoms with Crippen LogP contribution in [-0.2, 0) is 11.3 Å². The molecule has 2 aromatic carbocycles. The van der Waals surface area contributed by atoms with Gasteiger partial charge < -0.3 is 10.2 Å². The molecule has 0 aliphatic carbocycles. The van der Waals surface area contributed by atoms with Crippen molar-refractivity contribution in [2.45, 2.75) is 19.5 Å². The number of benzene rings is 2. The topological polar surface area (TPSA) is 33.5 Å². The summed E-state index contributed by atoms with van der Waals surface area (Å²) in [6.45, 7) is 2.45. The van der Waals surface area contributed by atoms with E-state index in [-0.39, 0.29) is 24.3 Å². The van der Waals surface area contributed by atoms with E-state index >= 15 is 0 Å². The Morgan fingerprint density at radius 1 is 1.25 bits per heavy atom. The Hall–Kier alpha value is -1.62. The molecule has 6 heteroatoms. The zero-order chi connectivity index (χ0) is 17.7. The summed E-state index contributed by atoms with van der Waals surface area (Å²) in [7, 11) is 1.83. The van der Waals surface area contributed by atoms with E-state index in [0.29, 0.717) is 22.2 Å². The molecule has 2 rings (SSSR count). The van der Waals surface area contributed by atoms with Gasteiger partial charge in [0, 0.05) is 5.02 Å². The van der Waals surface area contributed by atoms with Crippen LogP contribution in [-0.4, -0.2) is 19.5 Å². The number of quaternary nitrogens is 1. The summed E-state index contributed by atoms with van der Waals surface area (Å²) in [5, 5.41) is 3.93. The van der Waals surface area contributed by atoms with Gasteiger partial charge in [-0.2, -0.15) is 0 Å². The smallest absolute Gasteiger partial charge is 0.275 e. The van der Waals surface area contributed by atoms with Crippen molar-refractivity contribution in [3.8, 4) is 0 Å². The molecular weight excluding hydrogens is 350 g/mol. The van der Waals surface area contributed by atoms with Crippen LogP contribution in [0.1, 0.15) is 24.1 Å². The number of hydrogen-bond donors (Lipinski definition) is 2. The summed E-state index contributed by atoms with van der Waals surface area (Å²) in [5.74, 6) is -0.470. The molecular formula is C18H20Cl2FN2O+. The standard InChI is InChI=1S/C18H19Cl2FN2O/c1-12(13-5-3-6-14(19)9-13)22-18(24)11-23(2)10-15-16(20)7-4-8-17(15)21/h3-9,12H,10-11H2,1-2H3,(H,22,24)/p+1/t12-/m0/s1. The minimum absolute atomic E-state index is 0.118. The zero-order valence-corrected chi connectivity index (χ0v) is 15.1. The van der Waals surface area contributed by atoms with E-state index in [2.05, 4.69) is 5.32 Å². The van der Waals surface area contributed by atoms with Crippen LogP contribution < -0.4 is 10.2 Å². The third-order valence-corrected chi connectivity index (χ3v) is 4.32. The summed E-state index contributed by atoms with van der Waals surface area (Å²) in [5.41, 5.74) is 1.36. The molecule has 0 aliphatic heterocycles. The lowest BCUT2D eigenvalue weighted by molar-refractivity contribution is -0.885. The van der Waals surface area contributed by atoms with Gasteiger partial charge in [-0.15, -0.1) is 0 Å². The van der Waals surface area contributed by atoms with E-state index in [1.54, 1.807) is 18.2 Å². The van der Waals surface area contributed by atoms with Gasteiger partial charge in [-0.05, 0) is 36.8 Å². The SMILES string of the molecule is C[C@H](NC(=O)C[NH+](C)Cc1c(F)cccc1Cl)c1cccc(Cl)c1. The third kappa shape index (κ3) is 5.20. The second kappa shape index (κ2) is 8.47. The average molecular weight is 370 g/mol. The van der Waals surface area contributed by atoms with Crippen molar-refractivity contribution in [1.82, 2.24) is 5.32 Å². The van der Waals surface area contributed by atoms with Crippen LogP contribution in [0.2, 0.25) is 10.0 Å². The fraction of sp³-hybridized carbons (Fsp3) is 0.278. The van der Waals surface area contributed by atoms with Crippen molar-refractivity contribution in [3.63, 3.8) is 0 Å². The van der Waals surface area contributed by atoms with E-state index in [0.717, 1.165) is 10.5 Å². The third-order valence-electron chi connectivity index (χ3n) is 3.73. The van der Waals surface area contributed by atoms with Gasteiger partial charge >= 0.3 is 0 Å². The van der Waals surface area contributed by atoms with Crippen molar-refractivity contribution in [3.05, 3.63) is 69.5 Å². The maximum absolute atomic E-state index is 13.8. The first-order valence-electron chi connectivity index (χ1n) is 7.66. The predicted octanol–water partition coefficient (Wildman–Crippen LogP) is 3.02. The van der Waals surface area contributed by atoms with E-state index in [1.165, 1.54) is 6.07 Å². The second-order valence-corrected chi connectivity index (χ2v) is 6.70. The van der Waals surface area contributed by atoms with Crippen LogP contribution in [0.4, 0.5) is 4.39 Å². The Morgan fingerprint density at radius 3 is 2.62 bits per heavy atom. The normalized spacial score (nSPS) is 13.4. The number of halogens is 3. The van der Waals surface area contributed by atoms with Crippen molar-refractivity contribution in [2.75, 3.05) is 13.6 Å². The molecule has 0 aliphatic rings. The van der Waals surface area contributed by atoms with Gasteiger partial charge in [0.1, 0.15) is 12.4 Å². The predicted molar refractivity (Wildman–Crippen MR) is 94.9 cm³/mol. The molecule has 3 nitrogen and oxygen atoms in total. The molecule has 0 heterocycles. The summed E-state index contributed by atoms with van der Waals surface area (Å²) >= 11 is 12.0. The van der Waals surface area contributed by atoms with Crippen molar-refractivity contribution >= 4 is 29.1 Å². The average Bonchev–Trinajstić information content (AvgIpc) is 2.51. The number of nitrogens with one attached hydrogen (secondary N) is 2. The van der Waals surface area contributed by atoms with Gasteiger partial charge in [-0.3, -0.25) is 4.79 Å². The van der Waals surface area contributed by atoms with Crippen molar-refractivity contribution in [2.24, 2.45) is 0 Å². The lowest BCUT2D eigenvalue weighted by Gasteiger charge is -2.18. The maximum Gasteiger partial charge on any atom is 0.275 e. The zero-order valence-electron chi connectivity index (χ0n) is 13.6. The number of carbonyl (C=O) groups is 1. The van der Waals surface area contributed by atoms with Gasteiger partial charge in [0.15, 0.2) is 6.54 Å². The largest absolute Gasteiger partial charge is 0.345 e. The van der Waals surface area contributed by atoms with Gasteiger partial charge in [-0.1, -0.05) is 41.4 Å². The van der Waals surface area contributed by atoms with Crippen molar-refractivity contribution < 1.29 is 14.1 Å². The lowest BCUT2D eigenvalue weighted by atomic mass is 10.1. The molecule has 0 saturated heterocycles. The minimum atomic E-state index is -0.352. The van der Waals surface area contributed by atoms with Crippen molar-refractivity contribution in [1.29, 1.82) is 0 Å². The molecule has 0 saturated carbocycles. The van der Waals surface area contributed by atoms with Crippen LogP contribution >= 0.6 is 23.2 Å². The molecule has 2 atom stereocenters. The Kier molecular flexibility index (Phi) is 6.60. The number of carbonyl (C=O) groups excluding carboxylic acids is 1. The number of hydrogen-bond acceptors (Lipinski definition) is 1. The Labute approximate surface area is 151 Å². The first-order chi connectivity index (χ1) is 11.4. The van der Waals surface area contributed by atoms with E-state index in [4.69, 9.17) is 23.2 Å². The van der Waals surface area contributed by atoms with Crippen LogP contribution in [0.25, 0.3) is 0 Å². The Morgan fingerprint density at radius 2 is 1.96 bits per heavy atom. The van der Waals surface area contributed by atoms with Crippen LogP contribution in [0.5, 0.6) is 0 Å². The van der Waals surface area contributed by atoms with E-state index in [9.17, 15) is 9.18 Å². The fourth-order valence-electron chi connectivity index (χ4n) is 2.49. The quantitative estimate of drug-likeness (QED) is 0.805. The number of rotatable bonds is 6. The number of likely N-dealkylation sites (N-methyl/N-ethyl adjacent to an activating group) is 1. The van der Waals surface area contributed by atoms with E-state index in [1.807, 2.05) is 32.2 Å². The second-order valence-electron chi connectivity index (χ2n) is 5.86. The molecule has 1 amide bonds. The van der Waals surface area contributed by atoms with Gasteiger partial charge in [0.2, 0.25) is 0 Å². The summed E-state index contributed by atoms with van der Waals surface area (Å²) < 4.78 is 13.8. The Bertz CT molecular complexity index is 704. The molecule has 128 valence electrons. The first-order valence-corrected chi connectivity index (χ1v) is 8.41. The molecule has 2 N–H and O–H groups in total. The van der Waals surface area contributed by atoms with Crippen LogP contribution in [0, 0.1) is 5.82 Å². The number of amides is 1. The molecule has 0 bridgehead atoms. The van der Waals surface area contributed by atoms with Gasteiger partial charge in [0.05, 0.1) is 23.7 Å². The molecule has 24 heavy (non-hydrogen) atoms. The summed E-state index contributed by atoms with van der Waals surface area (Å²) in [6.07, 6.45) is 0. The van der Waals surface area contributed by atoms with E-state index < -0.39 is 0 Å². The van der Waals surface area contributed by atoms with Gasteiger partial charge in [0.25, 0.3) is 5.91 Å². The highest BCUT2D eigenvalue weighted by molar-refractivity contribution is 6.31. The minimum Gasteiger partial charge on any atom is -0.345 e. The maximum atomic E-state index is 13.8. The first kappa shape index (κ1) is 18.7. The molecule has 2 aromatic rings. The highest BCUT2D eigenvalue weighted by atomic mass is 35.5.